The minimum Gasteiger partial charge on any atom is -0.495 e. The maximum atomic E-state index is 5.56. The maximum absolute atomic E-state index is 5.56. The van der Waals surface area contributed by atoms with Crippen molar-refractivity contribution in [3.8, 4) is 5.75 Å². The summed E-state index contributed by atoms with van der Waals surface area (Å²) in [4.78, 5) is 7.13. The van der Waals surface area contributed by atoms with Crippen LogP contribution in [-0.2, 0) is 0 Å². The predicted molar refractivity (Wildman–Crippen MR) is 116 cm³/mol. The third-order valence-electron chi connectivity index (χ3n) is 6.50. The van der Waals surface area contributed by atoms with Crippen LogP contribution >= 0.6 is 0 Å². The van der Waals surface area contributed by atoms with Gasteiger partial charge in [0.15, 0.2) is 0 Å². The second-order valence-corrected chi connectivity index (χ2v) is 8.18. The molecule has 0 radical (unpaired) electrons. The fourth-order valence-corrected chi connectivity index (χ4v) is 4.94. The number of para-hydroxylation sites is 2. The smallest absolute Gasteiger partial charge is 0.142 e. The predicted octanol–water partition coefficient (Wildman–Crippen LogP) is 3.75. The van der Waals surface area contributed by atoms with Gasteiger partial charge in [-0.2, -0.15) is 15.0 Å². The molecular weight excluding hydrogens is 362 g/mol. The summed E-state index contributed by atoms with van der Waals surface area (Å²) in [5.74, 6) is 0.968. The zero-order valence-corrected chi connectivity index (χ0v) is 17.1. The van der Waals surface area contributed by atoms with E-state index in [1.807, 2.05) is 23.0 Å². The molecule has 1 aliphatic heterocycles. The second kappa shape index (κ2) is 8.03. The first-order valence-corrected chi connectivity index (χ1v) is 10.8. The van der Waals surface area contributed by atoms with E-state index < -0.39 is 0 Å². The van der Waals surface area contributed by atoms with Crippen LogP contribution in [0, 0.1) is 0 Å². The van der Waals surface area contributed by atoms with Gasteiger partial charge in [-0.15, -0.1) is 0 Å². The van der Waals surface area contributed by atoms with Crippen molar-refractivity contribution in [1.29, 1.82) is 0 Å². The molecule has 1 aliphatic carbocycles. The average Bonchev–Trinajstić information content (AvgIpc) is 3.24. The number of fused-ring (bicyclic) bond motifs is 1. The second-order valence-electron chi connectivity index (χ2n) is 8.18. The van der Waals surface area contributed by atoms with E-state index in [1.165, 1.54) is 24.9 Å². The number of hydrogen-bond acceptors (Lipinski definition) is 5. The standard InChI is InChI=1S/C23H29N5O/c1-29-23-12-5-4-11-22(23)27-15-13-26(14-16-27)18-7-6-8-19(17-18)28-24-20-9-2-3-10-21(20)25-28/h2-5,9-12,18-19H,6-8,13-17H2,1H3/t18-,19-/m1/s1. The number of anilines is 1. The lowest BCUT2D eigenvalue weighted by Crippen LogP contribution is -2.51. The van der Waals surface area contributed by atoms with Crippen LogP contribution < -0.4 is 9.64 Å². The molecule has 2 aliphatic rings. The van der Waals surface area contributed by atoms with Gasteiger partial charge in [0, 0.05) is 32.2 Å². The molecular formula is C23H29N5O. The molecule has 1 aromatic heterocycles. The van der Waals surface area contributed by atoms with Crippen molar-refractivity contribution in [3.63, 3.8) is 0 Å². The van der Waals surface area contributed by atoms with Crippen LogP contribution in [0.3, 0.4) is 0 Å². The first-order valence-electron chi connectivity index (χ1n) is 10.8. The third kappa shape index (κ3) is 3.69. The Morgan fingerprint density at radius 2 is 1.48 bits per heavy atom. The van der Waals surface area contributed by atoms with Crippen molar-refractivity contribution in [2.24, 2.45) is 0 Å². The van der Waals surface area contributed by atoms with Gasteiger partial charge in [-0.1, -0.05) is 24.3 Å². The minimum atomic E-state index is 0.411. The topological polar surface area (TPSA) is 46.4 Å². The summed E-state index contributed by atoms with van der Waals surface area (Å²) in [6, 6.07) is 17.6. The van der Waals surface area contributed by atoms with Crippen LogP contribution in [0.2, 0.25) is 0 Å². The molecule has 3 aromatic rings. The Morgan fingerprint density at radius 3 is 2.21 bits per heavy atom. The van der Waals surface area contributed by atoms with E-state index in [0.717, 1.165) is 49.4 Å². The van der Waals surface area contributed by atoms with Crippen LogP contribution in [0.15, 0.2) is 48.5 Å². The van der Waals surface area contributed by atoms with Crippen molar-refractivity contribution in [3.05, 3.63) is 48.5 Å². The maximum Gasteiger partial charge on any atom is 0.142 e. The van der Waals surface area contributed by atoms with Crippen LogP contribution in [0.1, 0.15) is 31.7 Å². The van der Waals surface area contributed by atoms with E-state index >= 15 is 0 Å². The van der Waals surface area contributed by atoms with E-state index in [-0.39, 0.29) is 0 Å². The molecule has 2 fully saturated rings. The molecule has 6 heteroatoms. The zero-order valence-electron chi connectivity index (χ0n) is 17.1. The van der Waals surface area contributed by atoms with E-state index in [1.54, 1.807) is 7.11 Å². The monoisotopic (exact) mass is 391 g/mol. The number of methoxy groups -OCH3 is 1. The van der Waals surface area contributed by atoms with Gasteiger partial charge in [0.25, 0.3) is 0 Å². The first kappa shape index (κ1) is 18.4. The van der Waals surface area contributed by atoms with Crippen LogP contribution in [0.5, 0.6) is 5.75 Å². The fourth-order valence-electron chi connectivity index (χ4n) is 4.94. The molecule has 152 valence electrons. The SMILES string of the molecule is COc1ccccc1N1CCN([C@@H]2CCC[C@@H](n3nc4ccccc4n3)C2)CC1. The average molecular weight is 392 g/mol. The molecule has 0 spiro atoms. The summed E-state index contributed by atoms with van der Waals surface area (Å²) >= 11 is 0. The Morgan fingerprint density at radius 1 is 0.828 bits per heavy atom. The molecule has 0 unspecified atom stereocenters. The molecule has 2 atom stereocenters. The van der Waals surface area contributed by atoms with Gasteiger partial charge in [0.2, 0.25) is 0 Å². The number of aromatic nitrogens is 3. The highest BCUT2D eigenvalue weighted by atomic mass is 16.5. The number of hydrogen-bond donors (Lipinski definition) is 0. The molecule has 29 heavy (non-hydrogen) atoms. The fraction of sp³-hybridized carbons (Fsp3) is 0.478. The van der Waals surface area contributed by atoms with Crippen LogP contribution in [-0.4, -0.2) is 59.2 Å². The third-order valence-corrected chi connectivity index (χ3v) is 6.50. The van der Waals surface area contributed by atoms with Gasteiger partial charge in [-0.25, -0.2) is 0 Å². The highest BCUT2D eigenvalue weighted by molar-refractivity contribution is 5.73. The van der Waals surface area contributed by atoms with Crippen molar-refractivity contribution < 1.29 is 4.74 Å². The number of ether oxygens (including phenoxy) is 1. The summed E-state index contributed by atoms with van der Waals surface area (Å²) in [6.45, 7) is 4.30. The first-order chi connectivity index (χ1) is 14.3. The molecule has 0 bridgehead atoms. The quantitative estimate of drug-likeness (QED) is 0.678. The van der Waals surface area contributed by atoms with E-state index in [4.69, 9.17) is 14.9 Å². The summed E-state index contributed by atoms with van der Waals surface area (Å²) in [5, 5.41) is 9.50. The normalized spacial score (nSPS) is 23.4. The minimum absolute atomic E-state index is 0.411. The van der Waals surface area contributed by atoms with E-state index in [0.29, 0.717) is 12.1 Å². The molecule has 6 nitrogen and oxygen atoms in total. The number of nitrogens with zero attached hydrogens (tertiary/aromatic N) is 5. The van der Waals surface area contributed by atoms with Gasteiger partial charge in [-0.05, 0) is 49.9 Å². The van der Waals surface area contributed by atoms with Crippen LogP contribution in [0.4, 0.5) is 5.69 Å². The molecule has 2 aromatic carbocycles. The Kier molecular flexibility index (Phi) is 5.10. The summed E-state index contributed by atoms with van der Waals surface area (Å²) < 4.78 is 5.56. The highest BCUT2D eigenvalue weighted by Gasteiger charge is 2.31. The van der Waals surface area contributed by atoms with Gasteiger partial charge >= 0.3 is 0 Å². The lowest BCUT2D eigenvalue weighted by molar-refractivity contribution is 0.117. The van der Waals surface area contributed by atoms with Gasteiger partial charge < -0.3 is 9.64 Å². The van der Waals surface area contributed by atoms with Gasteiger partial charge in [0.1, 0.15) is 16.8 Å². The summed E-state index contributed by atoms with van der Waals surface area (Å²) in [5.41, 5.74) is 3.21. The molecule has 1 saturated carbocycles. The number of piperazine rings is 1. The van der Waals surface area contributed by atoms with E-state index in [9.17, 15) is 0 Å². The van der Waals surface area contributed by atoms with Crippen molar-refractivity contribution >= 4 is 16.7 Å². The molecule has 0 amide bonds. The Balaban J connectivity index is 1.24. The number of rotatable bonds is 4. The molecule has 5 rings (SSSR count). The highest BCUT2D eigenvalue weighted by Crippen LogP contribution is 2.33. The lowest BCUT2D eigenvalue weighted by atomic mass is 9.90. The number of benzene rings is 2. The largest absolute Gasteiger partial charge is 0.495 e. The van der Waals surface area contributed by atoms with Crippen molar-refractivity contribution in [1.82, 2.24) is 19.9 Å². The molecule has 2 heterocycles. The Bertz CT molecular complexity index is 930. The Labute approximate surface area is 172 Å². The molecule has 1 saturated heterocycles. The van der Waals surface area contributed by atoms with Crippen LogP contribution in [0.25, 0.3) is 11.0 Å². The molecule has 0 N–H and O–H groups in total. The van der Waals surface area contributed by atoms with E-state index in [2.05, 4.69) is 40.1 Å². The van der Waals surface area contributed by atoms with Gasteiger partial charge in [-0.3, -0.25) is 4.90 Å². The van der Waals surface area contributed by atoms with Gasteiger partial charge in [0.05, 0.1) is 18.8 Å². The summed E-state index contributed by atoms with van der Waals surface area (Å²) in [7, 11) is 1.75. The van der Waals surface area contributed by atoms with Crippen molar-refractivity contribution in [2.45, 2.75) is 37.8 Å². The summed E-state index contributed by atoms with van der Waals surface area (Å²) in [6.07, 6.45) is 4.86. The zero-order chi connectivity index (χ0) is 19.6. The lowest BCUT2D eigenvalue weighted by Gasteiger charge is -2.43. The Hall–Kier alpha value is -2.60. The van der Waals surface area contributed by atoms with Crippen molar-refractivity contribution in [2.75, 3.05) is 38.2 Å².